The van der Waals surface area contributed by atoms with E-state index in [9.17, 15) is 14.4 Å². The van der Waals surface area contributed by atoms with E-state index in [4.69, 9.17) is 0 Å². The van der Waals surface area contributed by atoms with Crippen molar-refractivity contribution in [1.82, 2.24) is 20.4 Å². The third kappa shape index (κ3) is 8.18. The molecule has 1 heterocycles. The Kier molecular flexibility index (Phi) is 13.0. The first-order valence-electron chi connectivity index (χ1n) is 13.9. The summed E-state index contributed by atoms with van der Waals surface area (Å²) >= 11 is 0. The van der Waals surface area contributed by atoms with Crippen LogP contribution in [0.2, 0.25) is 0 Å². The summed E-state index contributed by atoms with van der Waals surface area (Å²) in [5.74, 6) is 0.368. The maximum absolute atomic E-state index is 13.5. The molecule has 0 radical (unpaired) electrons. The second-order valence-electron chi connectivity index (χ2n) is 10.5. The van der Waals surface area contributed by atoms with Crippen molar-refractivity contribution in [2.75, 3.05) is 26.2 Å². The van der Waals surface area contributed by atoms with Crippen molar-refractivity contribution in [3.8, 4) is 0 Å². The van der Waals surface area contributed by atoms with E-state index >= 15 is 0 Å². The fourth-order valence-corrected chi connectivity index (χ4v) is 5.25. The molecule has 1 aliphatic rings. The Bertz CT molecular complexity index is 1040. The highest BCUT2D eigenvalue weighted by Crippen LogP contribution is 2.27. The molecule has 2 aromatic carbocycles. The van der Waals surface area contributed by atoms with Gasteiger partial charge in [-0.2, -0.15) is 0 Å². The van der Waals surface area contributed by atoms with Crippen LogP contribution in [0.1, 0.15) is 58.9 Å². The minimum atomic E-state index is -0.705. The molecule has 0 saturated carbocycles. The van der Waals surface area contributed by atoms with Crippen LogP contribution >= 0.6 is 12.4 Å². The van der Waals surface area contributed by atoms with Crippen LogP contribution in [0.3, 0.4) is 0 Å². The molecular formula is C30H45ClN4O3. The van der Waals surface area contributed by atoms with Gasteiger partial charge in [0.25, 0.3) is 0 Å². The van der Waals surface area contributed by atoms with Gasteiger partial charge < -0.3 is 20.4 Å². The lowest BCUT2D eigenvalue weighted by Gasteiger charge is -2.38. The Labute approximate surface area is 234 Å². The average molecular weight is 545 g/mol. The number of hydrogen-bond acceptors (Lipinski definition) is 4. The van der Waals surface area contributed by atoms with Gasteiger partial charge in [0, 0.05) is 32.0 Å². The van der Waals surface area contributed by atoms with Crippen LogP contribution < -0.4 is 10.6 Å². The molecule has 1 unspecified atom stereocenters. The SMILES string of the molecule is CCC(CC)C(=O)N1CCCC1N(C=O)[C@H](Cc1ccc2ccccc2c1)C(=O)NCCNCC(C)C.Cl. The second kappa shape index (κ2) is 15.7. The molecule has 3 amide bonds. The summed E-state index contributed by atoms with van der Waals surface area (Å²) in [6, 6.07) is 13.6. The fourth-order valence-electron chi connectivity index (χ4n) is 5.25. The van der Waals surface area contributed by atoms with Crippen molar-refractivity contribution in [3.05, 3.63) is 48.0 Å². The number of hydrogen-bond donors (Lipinski definition) is 2. The third-order valence-corrected chi connectivity index (χ3v) is 7.36. The average Bonchev–Trinajstić information content (AvgIpc) is 3.38. The zero-order valence-corrected chi connectivity index (χ0v) is 24.1. The van der Waals surface area contributed by atoms with Crippen LogP contribution in [0, 0.1) is 11.8 Å². The minimum Gasteiger partial charge on any atom is -0.353 e. The number of amides is 3. The van der Waals surface area contributed by atoms with Gasteiger partial charge in [-0.25, -0.2) is 0 Å². The molecule has 2 aromatic rings. The molecule has 0 bridgehead atoms. The molecular weight excluding hydrogens is 500 g/mol. The van der Waals surface area contributed by atoms with Crippen molar-refractivity contribution in [3.63, 3.8) is 0 Å². The molecule has 7 nitrogen and oxygen atoms in total. The van der Waals surface area contributed by atoms with Crippen LogP contribution in [-0.4, -0.2) is 66.4 Å². The number of carbonyl (C=O) groups is 3. The molecule has 8 heteroatoms. The maximum atomic E-state index is 13.5. The topological polar surface area (TPSA) is 81.8 Å². The summed E-state index contributed by atoms with van der Waals surface area (Å²) in [6.07, 6.45) is 3.80. The molecule has 2 N–H and O–H groups in total. The van der Waals surface area contributed by atoms with E-state index in [1.807, 2.05) is 36.9 Å². The van der Waals surface area contributed by atoms with E-state index in [0.29, 0.717) is 38.4 Å². The highest BCUT2D eigenvalue weighted by atomic mass is 35.5. The predicted octanol–water partition coefficient (Wildman–Crippen LogP) is 4.38. The highest BCUT2D eigenvalue weighted by Gasteiger charge is 2.39. The highest BCUT2D eigenvalue weighted by molar-refractivity contribution is 5.86. The number of carbonyl (C=O) groups excluding carboxylic acids is 3. The lowest BCUT2D eigenvalue weighted by atomic mass is 9.99. The number of likely N-dealkylation sites (tertiary alicyclic amines) is 1. The van der Waals surface area contributed by atoms with Gasteiger partial charge >= 0.3 is 0 Å². The van der Waals surface area contributed by atoms with E-state index in [2.05, 4.69) is 48.7 Å². The molecule has 0 aliphatic carbocycles. The van der Waals surface area contributed by atoms with Crippen molar-refractivity contribution in [2.24, 2.45) is 11.8 Å². The van der Waals surface area contributed by atoms with Gasteiger partial charge in [0.2, 0.25) is 18.2 Å². The van der Waals surface area contributed by atoms with E-state index < -0.39 is 12.2 Å². The first kappa shape index (κ1) is 31.6. The summed E-state index contributed by atoms with van der Waals surface area (Å²) < 4.78 is 0. The normalized spacial score (nSPS) is 15.9. The lowest BCUT2D eigenvalue weighted by Crippen LogP contribution is -2.57. The van der Waals surface area contributed by atoms with Gasteiger partial charge in [-0.05, 0) is 54.5 Å². The number of fused-ring (bicyclic) bond motifs is 1. The van der Waals surface area contributed by atoms with Gasteiger partial charge in [-0.1, -0.05) is 70.2 Å². The van der Waals surface area contributed by atoms with E-state index in [0.717, 1.165) is 48.6 Å². The fraction of sp³-hybridized carbons (Fsp3) is 0.567. The molecule has 2 atom stereocenters. The first-order chi connectivity index (χ1) is 17.9. The van der Waals surface area contributed by atoms with Crippen molar-refractivity contribution < 1.29 is 14.4 Å². The Balaban J connectivity index is 0.00000507. The number of halogens is 1. The Morgan fingerprint density at radius 3 is 2.45 bits per heavy atom. The zero-order chi connectivity index (χ0) is 26.8. The number of rotatable bonds is 14. The predicted molar refractivity (Wildman–Crippen MR) is 156 cm³/mol. The molecule has 1 saturated heterocycles. The van der Waals surface area contributed by atoms with Crippen LogP contribution in [0.5, 0.6) is 0 Å². The standard InChI is InChI=1S/C30H44N4O3.ClH/c1-5-24(6-2)30(37)33-17-9-12-28(33)34(21-35)27(29(36)32-16-15-31-20-22(3)4)19-23-13-14-25-10-7-8-11-26(25)18-23;/h7-8,10-11,13-14,18,21-22,24,27-28,31H,5-6,9,12,15-17,19-20H2,1-4H3,(H,32,36);1H/t27-,28?;/m1./s1. The van der Waals surface area contributed by atoms with Crippen molar-refractivity contribution in [1.29, 1.82) is 0 Å². The second-order valence-corrected chi connectivity index (χ2v) is 10.5. The first-order valence-corrected chi connectivity index (χ1v) is 13.9. The van der Waals surface area contributed by atoms with Crippen molar-refractivity contribution >= 4 is 41.4 Å². The molecule has 0 spiro atoms. The third-order valence-electron chi connectivity index (χ3n) is 7.36. The minimum absolute atomic E-state index is 0. The van der Waals surface area contributed by atoms with Crippen LogP contribution in [0.15, 0.2) is 42.5 Å². The Morgan fingerprint density at radius 2 is 1.79 bits per heavy atom. The van der Waals surface area contributed by atoms with E-state index in [1.54, 1.807) is 4.90 Å². The van der Waals surface area contributed by atoms with Gasteiger partial charge in [-0.3, -0.25) is 14.4 Å². The molecule has 0 aromatic heterocycles. The summed E-state index contributed by atoms with van der Waals surface area (Å²) in [4.78, 5) is 42.8. The van der Waals surface area contributed by atoms with Gasteiger partial charge in [0.05, 0.1) is 0 Å². The number of benzene rings is 2. The van der Waals surface area contributed by atoms with Gasteiger partial charge in [0.15, 0.2) is 0 Å². The van der Waals surface area contributed by atoms with Crippen LogP contribution in [0.4, 0.5) is 0 Å². The molecule has 1 aliphatic heterocycles. The molecule has 3 rings (SSSR count). The smallest absolute Gasteiger partial charge is 0.243 e. The molecule has 210 valence electrons. The van der Waals surface area contributed by atoms with Gasteiger partial charge in [-0.15, -0.1) is 12.4 Å². The summed E-state index contributed by atoms with van der Waals surface area (Å²) in [5, 5.41) is 8.61. The molecule has 38 heavy (non-hydrogen) atoms. The van der Waals surface area contributed by atoms with E-state index in [-0.39, 0.29) is 30.1 Å². The maximum Gasteiger partial charge on any atom is 0.243 e. The van der Waals surface area contributed by atoms with Gasteiger partial charge in [0.1, 0.15) is 12.2 Å². The molecule has 1 fully saturated rings. The van der Waals surface area contributed by atoms with Crippen LogP contribution in [0.25, 0.3) is 10.8 Å². The summed E-state index contributed by atoms with van der Waals surface area (Å²) in [5.41, 5.74) is 0.986. The van der Waals surface area contributed by atoms with E-state index in [1.165, 1.54) is 0 Å². The number of nitrogens with zero attached hydrogens (tertiary/aromatic N) is 2. The summed E-state index contributed by atoms with van der Waals surface area (Å²) in [7, 11) is 0. The Hall–Kier alpha value is -2.64. The van der Waals surface area contributed by atoms with Crippen molar-refractivity contribution in [2.45, 2.75) is 72.0 Å². The zero-order valence-electron chi connectivity index (χ0n) is 23.3. The Morgan fingerprint density at radius 1 is 1.08 bits per heavy atom. The lowest BCUT2D eigenvalue weighted by molar-refractivity contribution is -0.147. The summed E-state index contributed by atoms with van der Waals surface area (Å²) in [6.45, 7) is 11.0. The quantitative estimate of drug-likeness (QED) is 0.273. The monoisotopic (exact) mass is 544 g/mol. The van der Waals surface area contributed by atoms with Crippen LogP contribution in [-0.2, 0) is 20.8 Å². The largest absolute Gasteiger partial charge is 0.353 e. The number of nitrogens with one attached hydrogen (secondary N) is 2.